The second-order valence-electron chi connectivity index (χ2n) is 7.99. The fraction of sp³-hybridized carbons (Fsp3) is 0.500. The first-order valence-electron chi connectivity index (χ1n) is 10.8. The maximum Gasteiger partial charge on any atom is 0.314 e. The van der Waals surface area contributed by atoms with Crippen molar-refractivity contribution in [3.63, 3.8) is 0 Å². The fourth-order valence-electron chi connectivity index (χ4n) is 3.89. The maximum atomic E-state index is 14.0. The van der Waals surface area contributed by atoms with Gasteiger partial charge in [0.2, 0.25) is 0 Å². The number of hydrogen-bond acceptors (Lipinski definition) is 5. The van der Waals surface area contributed by atoms with Crippen molar-refractivity contribution in [2.75, 3.05) is 0 Å². The van der Waals surface area contributed by atoms with Crippen molar-refractivity contribution in [1.29, 1.82) is 5.26 Å². The lowest BCUT2D eigenvalue weighted by molar-refractivity contribution is -0.140. The summed E-state index contributed by atoms with van der Waals surface area (Å²) in [5, 5.41) is 8.80. The third kappa shape index (κ3) is 5.85. The van der Waals surface area contributed by atoms with Gasteiger partial charge in [0.25, 0.3) is 0 Å². The van der Waals surface area contributed by atoms with Crippen LogP contribution in [0.3, 0.4) is 0 Å². The Morgan fingerprint density at radius 1 is 1.17 bits per heavy atom. The molecule has 3 rings (SSSR count). The topological polar surface area (TPSA) is 75.9 Å². The number of benzene rings is 1. The van der Waals surface area contributed by atoms with E-state index in [1.165, 1.54) is 43.4 Å². The first kappa shape index (κ1) is 21.9. The molecule has 0 atom stereocenters. The zero-order chi connectivity index (χ0) is 21.3. The number of nitrogens with zero attached hydrogens (tertiary/aromatic N) is 3. The van der Waals surface area contributed by atoms with Crippen LogP contribution in [0.15, 0.2) is 30.6 Å². The van der Waals surface area contributed by atoms with Crippen LogP contribution in [0.4, 0.5) is 4.39 Å². The van der Waals surface area contributed by atoms with E-state index in [9.17, 15) is 9.18 Å². The summed E-state index contributed by atoms with van der Waals surface area (Å²) in [6.45, 7) is 2.21. The Kier molecular flexibility index (Phi) is 7.89. The molecule has 158 valence electrons. The first-order valence-corrected chi connectivity index (χ1v) is 10.8. The fourth-order valence-corrected chi connectivity index (χ4v) is 3.89. The lowest BCUT2D eigenvalue weighted by Crippen LogP contribution is -2.26. The molecule has 0 unspecified atom stereocenters. The number of nitriles is 1. The molecule has 0 N–H and O–H groups in total. The van der Waals surface area contributed by atoms with E-state index in [-0.39, 0.29) is 23.1 Å². The van der Waals surface area contributed by atoms with Crippen LogP contribution in [0.1, 0.15) is 81.2 Å². The molecule has 1 fully saturated rings. The van der Waals surface area contributed by atoms with Crippen LogP contribution in [-0.2, 0) is 11.2 Å². The number of esters is 1. The number of hydrogen-bond donors (Lipinski definition) is 0. The summed E-state index contributed by atoms with van der Waals surface area (Å²) in [4.78, 5) is 21.6. The molecule has 1 aromatic heterocycles. The van der Waals surface area contributed by atoms with Crippen molar-refractivity contribution in [3.8, 4) is 11.8 Å². The monoisotopic (exact) mass is 409 g/mol. The molecule has 0 amide bonds. The molecular formula is C24H28FN3O2. The average molecular weight is 410 g/mol. The third-order valence-corrected chi connectivity index (χ3v) is 5.74. The van der Waals surface area contributed by atoms with E-state index in [0.29, 0.717) is 12.8 Å². The molecule has 1 aromatic carbocycles. The number of carbonyl (C=O) groups is 1. The summed E-state index contributed by atoms with van der Waals surface area (Å²) < 4.78 is 19.2. The summed E-state index contributed by atoms with van der Waals surface area (Å²) >= 11 is 0. The highest BCUT2D eigenvalue weighted by Gasteiger charge is 2.30. The Morgan fingerprint density at radius 3 is 2.53 bits per heavy atom. The van der Waals surface area contributed by atoms with Gasteiger partial charge in [-0.05, 0) is 62.3 Å². The van der Waals surface area contributed by atoms with Crippen LogP contribution in [-0.4, -0.2) is 15.9 Å². The summed E-state index contributed by atoms with van der Waals surface area (Å²) in [6, 6.07) is 5.70. The molecule has 0 radical (unpaired) electrons. The van der Waals surface area contributed by atoms with Crippen LogP contribution in [0.5, 0.6) is 5.75 Å². The van der Waals surface area contributed by atoms with Crippen LogP contribution in [0.25, 0.3) is 0 Å². The molecule has 1 aliphatic carbocycles. The van der Waals surface area contributed by atoms with E-state index in [1.54, 1.807) is 0 Å². The molecule has 5 nitrogen and oxygen atoms in total. The Labute approximate surface area is 177 Å². The van der Waals surface area contributed by atoms with Gasteiger partial charge in [0.15, 0.2) is 11.6 Å². The van der Waals surface area contributed by atoms with Gasteiger partial charge in [0, 0.05) is 18.3 Å². The highest BCUT2D eigenvalue weighted by molar-refractivity contribution is 5.75. The van der Waals surface area contributed by atoms with Gasteiger partial charge in [0.05, 0.1) is 17.6 Å². The van der Waals surface area contributed by atoms with Crippen LogP contribution < -0.4 is 4.74 Å². The summed E-state index contributed by atoms with van der Waals surface area (Å²) in [7, 11) is 0. The minimum absolute atomic E-state index is 0.126. The highest BCUT2D eigenvalue weighted by Crippen LogP contribution is 2.35. The third-order valence-electron chi connectivity index (χ3n) is 5.74. The molecule has 30 heavy (non-hydrogen) atoms. The number of halogens is 1. The Balaban J connectivity index is 1.48. The van der Waals surface area contributed by atoms with Gasteiger partial charge in [-0.25, -0.2) is 14.4 Å². The van der Waals surface area contributed by atoms with E-state index in [1.807, 2.05) is 18.5 Å². The molecule has 0 spiro atoms. The Hall–Kier alpha value is -2.81. The van der Waals surface area contributed by atoms with Crippen molar-refractivity contribution in [3.05, 3.63) is 53.4 Å². The minimum atomic E-state index is -0.695. The molecule has 1 saturated carbocycles. The minimum Gasteiger partial charge on any atom is -0.423 e. The zero-order valence-electron chi connectivity index (χ0n) is 17.4. The Morgan fingerprint density at radius 2 is 1.90 bits per heavy atom. The molecule has 0 bridgehead atoms. The van der Waals surface area contributed by atoms with Crippen molar-refractivity contribution in [2.24, 2.45) is 5.92 Å². The molecule has 0 saturated heterocycles. The van der Waals surface area contributed by atoms with E-state index < -0.39 is 11.8 Å². The van der Waals surface area contributed by atoms with E-state index in [4.69, 9.17) is 10.00 Å². The van der Waals surface area contributed by atoms with E-state index in [2.05, 4.69) is 16.9 Å². The summed E-state index contributed by atoms with van der Waals surface area (Å²) in [6.07, 6.45) is 12.8. The van der Waals surface area contributed by atoms with Gasteiger partial charge in [-0.15, -0.1) is 0 Å². The van der Waals surface area contributed by atoms with Gasteiger partial charge >= 0.3 is 5.97 Å². The Bertz CT molecular complexity index is 884. The lowest BCUT2D eigenvalue weighted by Gasteiger charge is -2.26. The van der Waals surface area contributed by atoms with Crippen LogP contribution >= 0.6 is 0 Å². The van der Waals surface area contributed by atoms with E-state index >= 15 is 0 Å². The number of aromatic nitrogens is 2. The van der Waals surface area contributed by atoms with Gasteiger partial charge in [-0.2, -0.15) is 5.26 Å². The predicted molar refractivity (Wildman–Crippen MR) is 111 cm³/mol. The number of carbonyl (C=O) groups excluding carboxylic acids is 1. The highest BCUT2D eigenvalue weighted by atomic mass is 19.1. The molecule has 0 aliphatic heterocycles. The van der Waals surface area contributed by atoms with Crippen molar-refractivity contribution < 1.29 is 13.9 Å². The van der Waals surface area contributed by atoms with Gasteiger partial charge in [0.1, 0.15) is 5.82 Å². The number of ether oxygens (including phenoxy) is 1. The largest absolute Gasteiger partial charge is 0.423 e. The molecule has 1 heterocycles. The standard InChI is InChI=1S/C24H28FN3O2/c1-2-3-4-5-6-18-15-27-23(28-16-18)19-8-10-20(11-9-19)24(29)30-22-12-7-17(14-26)13-21(22)25/h7,12-13,15-16,19-20H,2-6,8-11H2,1H3. The summed E-state index contributed by atoms with van der Waals surface area (Å²) in [5.74, 6) is -0.403. The van der Waals surface area contributed by atoms with Gasteiger partial charge < -0.3 is 4.74 Å². The normalized spacial score (nSPS) is 18.6. The quantitative estimate of drug-likeness (QED) is 0.327. The zero-order valence-corrected chi connectivity index (χ0v) is 17.4. The average Bonchev–Trinajstić information content (AvgIpc) is 2.78. The second-order valence-corrected chi connectivity index (χ2v) is 7.99. The lowest BCUT2D eigenvalue weighted by atomic mass is 9.81. The van der Waals surface area contributed by atoms with Gasteiger partial charge in [-0.3, -0.25) is 4.79 Å². The van der Waals surface area contributed by atoms with Crippen molar-refractivity contribution >= 4 is 5.97 Å². The molecular weight excluding hydrogens is 381 g/mol. The predicted octanol–water partition coefficient (Wildman–Crippen LogP) is 5.49. The number of rotatable bonds is 8. The van der Waals surface area contributed by atoms with Crippen molar-refractivity contribution in [2.45, 2.75) is 70.6 Å². The number of aryl methyl sites for hydroxylation is 1. The van der Waals surface area contributed by atoms with E-state index in [0.717, 1.165) is 31.2 Å². The van der Waals surface area contributed by atoms with Crippen molar-refractivity contribution in [1.82, 2.24) is 9.97 Å². The second kappa shape index (κ2) is 10.8. The summed E-state index contributed by atoms with van der Waals surface area (Å²) in [5.41, 5.74) is 1.37. The number of unbranched alkanes of at least 4 members (excludes halogenated alkanes) is 3. The maximum absolute atomic E-state index is 14.0. The van der Waals surface area contributed by atoms with Crippen LogP contribution in [0.2, 0.25) is 0 Å². The first-order chi connectivity index (χ1) is 14.6. The molecule has 6 heteroatoms. The van der Waals surface area contributed by atoms with Gasteiger partial charge in [-0.1, -0.05) is 26.2 Å². The molecule has 1 aliphatic rings. The molecule has 2 aromatic rings. The SMILES string of the molecule is CCCCCCc1cnc(C2CCC(C(=O)Oc3ccc(C#N)cc3F)CC2)nc1. The smallest absolute Gasteiger partial charge is 0.314 e. The van der Waals surface area contributed by atoms with Crippen LogP contribution in [0, 0.1) is 23.1 Å².